The van der Waals surface area contributed by atoms with Gasteiger partial charge in [-0.05, 0) is 17.7 Å². The van der Waals surface area contributed by atoms with Crippen LogP contribution >= 0.6 is 0 Å². The van der Waals surface area contributed by atoms with Crippen LogP contribution in [0.1, 0.15) is 17.2 Å². The lowest BCUT2D eigenvalue weighted by Crippen LogP contribution is -2.14. The number of carbonyl (C=O) groups is 1. The highest BCUT2D eigenvalue weighted by Gasteiger charge is 2.21. The molecule has 17 heavy (non-hydrogen) atoms. The van der Waals surface area contributed by atoms with Gasteiger partial charge < -0.3 is 14.6 Å². The lowest BCUT2D eigenvalue weighted by atomic mass is 10.1. The number of aliphatic hydroxyl groups is 1. The van der Waals surface area contributed by atoms with Crippen LogP contribution in [0.15, 0.2) is 12.1 Å². The number of aliphatic hydroxyl groups excluding tert-OH is 1. The number of halogens is 2. The number of benzene rings is 1. The standard InChI is InChI=1S/C11H12F2O4/c1-16-5-7-8(12)3-6(4-9(7)13)10(14)11(15)17-2/h3-4,10,14H,5H2,1-2H3. The molecule has 0 saturated carbocycles. The van der Waals surface area contributed by atoms with Crippen LogP contribution in [0.25, 0.3) is 0 Å². The second kappa shape index (κ2) is 5.70. The van der Waals surface area contributed by atoms with E-state index in [0.29, 0.717) is 0 Å². The molecule has 0 aliphatic heterocycles. The van der Waals surface area contributed by atoms with Crippen molar-refractivity contribution in [3.05, 3.63) is 34.9 Å². The quantitative estimate of drug-likeness (QED) is 0.814. The van der Waals surface area contributed by atoms with Crippen molar-refractivity contribution in [3.63, 3.8) is 0 Å². The van der Waals surface area contributed by atoms with Gasteiger partial charge in [0.2, 0.25) is 0 Å². The fourth-order valence-corrected chi connectivity index (χ4v) is 1.31. The first-order valence-corrected chi connectivity index (χ1v) is 4.74. The summed E-state index contributed by atoms with van der Waals surface area (Å²) in [6.45, 7) is -0.230. The van der Waals surface area contributed by atoms with E-state index in [9.17, 15) is 18.7 Å². The number of hydrogen-bond donors (Lipinski definition) is 1. The molecular weight excluding hydrogens is 234 g/mol. The molecule has 6 heteroatoms. The zero-order valence-corrected chi connectivity index (χ0v) is 9.37. The molecule has 0 aliphatic rings. The predicted octanol–water partition coefficient (Wildman–Crippen LogP) is 1.32. The zero-order valence-electron chi connectivity index (χ0n) is 9.37. The summed E-state index contributed by atoms with van der Waals surface area (Å²) in [6.07, 6.45) is -1.71. The van der Waals surface area contributed by atoms with E-state index < -0.39 is 23.7 Å². The third kappa shape index (κ3) is 2.98. The molecule has 0 fully saturated rings. The van der Waals surface area contributed by atoms with E-state index in [0.717, 1.165) is 19.2 Å². The van der Waals surface area contributed by atoms with Gasteiger partial charge in [0, 0.05) is 12.7 Å². The Bertz CT molecular complexity index is 397. The van der Waals surface area contributed by atoms with E-state index in [2.05, 4.69) is 9.47 Å². The molecule has 0 bridgehead atoms. The molecule has 1 aromatic carbocycles. The molecule has 0 amide bonds. The van der Waals surface area contributed by atoms with Gasteiger partial charge in [-0.3, -0.25) is 0 Å². The zero-order chi connectivity index (χ0) is 13.0. The Morgan fingerprint density at radius 3 is 2.29 bits per heavy atom. The van der Waals surface area contributed by atoms with Crippen molar-refractivity contribution < 1.29 is 28.2 Å². The summed E-state index contributed by atoms with van der Waals surface area (Å²) >= 11 is 0. The maximum Gasteiger partial charge on any atom is 0.339 e. The van der Waals surface area contributed by atoms with E-state index in [-0.39, 0.29) is 17.7 Å². The molecule has 1 unspecified atom stereocenters. The van der Waals surface area contributed by atoms with E-state index in [4.69, 9.17) is 0 Å². The van der Waals surface area contributed by atoms with Gasteiger partial charge >= 0.3 is 5.97 Å². The lowest BCUT2D eigenvalue weighted by Gasteiger charge is -2.11. The first-order chi connectivity index (χ1) is 8.01. The van der Waals surface area contributed by atoms with Crippen LogP contribution in [0, 0.1) is 11.6 Å². The van der Waals surface area contributed by atoms with Gasteiger partial charge in [0.25, 0.3) is 0 Å². The van der Waals surface area contributed by atoms with Gasteiger partial charge in [-0.2, -0.15) is 0 Å². The van der Waals surface area contributed by atoms with E-state index >= 15 is 0 Å². The summed E-state index contributed by atoms with van der Waals surface area (Å²) in [5, 5.41) is 9.42. The second-order valence-corrected chi connectivity index (χ2v) is 3.32. The third-order valence-corrected chi connectivity index (χ3v) is 2.19. The second-order valence-electron chi connectivity index (χ2n) is 3.32. The average Bonchev–Trinajstić information content (AvgIpc) is 2.31. The fourth-order valence-electron chi connectivity index (χ4n) is 1.31. The van der Waals surface area contributed by atoms with Crippen LogP contribution in [-0.4, -0.2) is 25.3 Å². The summed E-state index contributed by atoms with van der Waals surface area (Å²) in [5.74, 6) is -2.75. The molecular formula is C11H12F2O4. The van der Waals surface area contributed by atoms with Gasteiger partial charge in [0.15, 0.2) is 6.10 Å². The molecule has 0 saturated heterocycles. The molecule has 94 valence electrons. The molecule has 0 aromatic heterocycles. The number of rotatable bonds is 4. The number of esters is 1. The van der Waals surface area contributed by atoms with Crippen molar-refractivity contribution in [1.82, 2.24) is 0 Å². The fraction of sp³-hybridized carbons (Fsp3) is 0.364. The van der Waals surface area contributed by atoms with Crippen molar-refractivity contribution in [2.75, 3.05) is 14.2 Å². The molecule has 4 nitrogen and oxygen atoms in total. The van der Waals surface area contributed by atoms with Gasteiger partial charge in [0.1, 0.15) is 11.6 Å². The summed E-state index contributed by atoms with van der Waals surface area (Å²) in [4.78, 5) is 11.0. The Morgan fingerprint density at radius 2 is 1.88 bits per heavy atom. The minimum atomic E-state index is -1.71. The molecule has 0 spiro atoms. The van der Waals surface area contributed by atoms with Crippen molar-refractivity contribution in [1.29, 1.82) is 0 Å². The Hall–Kier alpha value is -1.53. The van der Waals surface area contributed by atoms with Crippen molar-refractivity contribution >= 4 is 5.97 Å². The van der Waals surface area contributed by atoms with Crippen LogP contribution in [0.2, 0.25) is 0 Å². The SMILES string of the molecule is COCc1c(F)cc(C(O)C(=O)OC)cc1F. The Labute approximate surface area is 96.8 Å². The summed E-state index contributed by atoms with van der Waals surface area (Å²) in [7, 11) is 2.37. The van der Waals surface area contributed by atoms with E-state index in [1.54, 1.807) is 0 Å². The van der Waals surface area contributed by atoms with Crippen molar-refractivity contribution in [2.24, 2.45) is 0 Å². The maximum atomic E-state index is 13.4. The number of carbonyl (C=O) groups excluding carboxylic acids is 1. The van der Waals surface area contributed by atoms with Crippen LogP contribution in [0.5, 0.6) is 0 Å². The third-order valence-electron chi connectivity index (χ3n) is 2.19. The molecule has 1 aromatic rings. The van der Waals surface area contributed by atoms with Gasteiger partial charge in [-0.15, -0.1) is 0 Å². The smallest absolute Gasteiger partial charge is 0.339 e. The Balaban J connectivity index is 3.09. The van der Waals surface area contributed by atoms with E-state index in [1.165, 1.54) is 7.11 Å². The van der Waals surface area contributed by atoms with Crippen LogP contribution in [-0.2, 0) is 20.9 Å². The van der Waals surface area contributed by atoms with Crippen molar-refractivity contribution in [2.45, 2.75) is 12.7 Å². The molecule has 0 radical (unpaired) electrons. The average molecular weight is 246 g/mol. The predicted molar refractivity (Wildman–Crippen MR) is 54.0 cm³/mol. The first kappa shape index (κ1) is 13.5. The Kier molecular flexibility index (Phi) is 4.53. The van der Waals surface area contributed by atoms with E-state index in [1.807, 2.05) is 0 Å². The molecule has 0 heterocycles. The normalized spacial score (nSPS) is 12.3. The number of methoxy groups -OCH3 is 2. The highest BCUT2D eigenvalue weighted by atomic mass is 19.1. The summed E-state index contributed by atoms with van der Waals surface area (Å²) < 4.78 is 35.8. The highest BCUT2D eigenvalue weighted by Crippen LogP contribution is 2.21. The summed E-state index contributed by atoms with van der Waals surface area (Å²) in [6, 6.07) is 1.75. The highest BCUT2D eigenvalue weighted by molar-refractivity contribution is 5.76. The van der Waals surface area contributed by atoms with Crippen molar-refractivity contribution in [3.8, 4) is 0 Å². The Morgan fingerprint density at radius 1 is 1.35 bits per heavy atom. The maximum absolute atomic E-state index is 13.4. The topological polar surface area (TPSA) is 55.8 Å². The lowest BCUT2D eigenvalue weighted by molar-refractivity contribution is -0.150. The van der Waals surface area contributed by atoms with Gasteiger partial charge in [-0.1, -0.05) is 0 Å². The van der Waals surface area contributed by atoms with Gasteiger partial charge in [0.05, 0.1) is 13.7 Å². The largest absolute Gasteiger partial charge is 0.467 e. The monoisotopic (exact) mass is 246 g/mol. The minimum Gasteiger partial charge on any atom is -0.467 e. The summed E-state index contributed by atoms with van der Waals surface area (Å²) in [5.41, 5.74) is -0.458. The molecule has 1 rings (SSSR count). The number of hydrogen-bond acceptors (Lipinski definition) is 4. The van der Waals surface area contributed by atoms with Crippen LogP contribution < -0.4 is 0 Å². The van der Waals surface area contributed by atoms with Crippen LogP contribution in [0.3, 0.4) is 0 Å². The minimum absolute atomic E-state index is 0.202. The van der Waals surface area contributed by atoms with Crippen LogP contribution in [0.4, 0.5) is 8.78 Å². The first-order valence-electron chi connectivity index (χ1n) is 4.74. The molecule has 0 aliphatic carbocycles. The number of ether oxygens (including phenoxy) is 2. The molecule has 1 N–H and O–H groups in total. The van der Waals surface area contributed by atoms with Gasteiger partial charge in [-0.25, -0.2) is 13.6 Å². The molecule has 1 atom stereocenters.